The van der Waals surface area contributed by atoms with Gasteiger partial charge in [-0.2, -0.15) is 0 Å². The minimum absolute atomic E-state index is 0.0405. The second kappa shape index (κ2) is 10.6. The lowest BCUT2D eigenvalue weighted by molar-refractivity contribution is -0.132. The summed E-state index contributed by atoms with van der Waals surface area (Å²) in [4.78, 5) is 34.8. The number of rotatable bonds is 9. The van der Waals surface area contributed by atoms with Gasteiger partial charge in [0.25, 0.3) is 0 Å². The van der Waals surface area contributed by atoms with E-state index in [1.807, 2.05) is 61.5 Å². The lowest BCUT2D eigenvalue weighted by Gasteiger charge is -2.16. The quantitative estimate of drug-likeness (QED) is 0.405. The van der Waals surface area contributed by atoms with Gasteiger partial charge in [0.1, 0.15) is 5.82 Å². The molecule has 30 heavy (non-hydrogen) atoms. The van der Waals surface area contributed by atoms with Gasteiger partial charge >= 0.3 is 0 Å². The number of benzene rings is 2. The van der Waals surface area contributed by atoms with Crippen molar-refractivity contribution in [1.29, 1.82) is 0 Å². The van der Waals surface area contributed by atoms with Gasteiger partial charge in [0.15, 0.2) is 5.16 Å². The molecule has 7 nitrogen and oxygen atoms in total. The molecule has 3 aromatic rings. The van der Waals surface area contributed by atoms with E-state index in [2.05, 4.69) is 20.6 Å². The van der Waals surface area contributed by atoms with Crippen LogP contribution in [0.25, 0.3) is 10.9 Å². The molecule has 0 unspecified atom stereocenters. The first-order valence-electron chi connectivity index (χ1n) is 9.79. The largest absolute Gasteiger partial charge is 0.355 e. The van der Waals surface area contributed by atoms with Gasteiger partial charge < -0.3 is 15.5 Å². The average molecular weight is 424 g/mol. The Kier molecular flexibility index (Phi) is 7.62. The molecule has 156 valence electrons. The molecule has 3 rings (SSSR count). The van der Waals surface area contributed by atoms with Gasteiger partial charge in [-0.15, -0.1) is 0 Å². The summed E-state index contributed by atoms with van der Waals surface area (Å²) in [5, 5.41) is 7.51. The lowest BCUT2D eigenvalue weighted by atomic mass is 10.2. The Labute approximate surface area is 180 Å². The Bertz CT molecular complexity index is 1010. The van der Waals surface area contributed by atoms with Crippen molar-refractivity contribution in [3.63, 3.8) is 0 Å². The molecule has 0 spiro atoms. The second-order valence-electron chi connectivity index (χ2n) is 6.75. The smallest absolute Gasteiger partial charge is 0.239 e. The van der Waals surface area contributed by atoms with Crippen LogP contribution in [-0.4, -0.2) is 52.6 Å². The summed E-state index contributed by atoms with van der Waals surface area (Å²) >= 11 is 1.26. The normalized spacial score (nSPS) is 10.6. The molecule has 2 aromatic carbocycles. The zero-order chi connectivity index (χ0) is 21.3. The molecular formula is C22H25N5O2S. The highest BCUT2D eigenvalue weighted by atomic mass is 32.2. The minimum Gasteiger partial charge on any atom is -0.355 e. The molecule has 0 fully saturated rings. The number of likely N-dealkylation sites (N-methyl/N-ethyl adjacent to an activating group) is 1. The third-order valence-corrected chi connectivity index (χ3v) is 5.15. The van der Waals surface area contributed by atoms with Crippen LogP contribution in [0.2, 0.25) is 0 Å². The van der Waals surface area contributed by atoms with E-state index in [0.717, 1.165) is 23.0 Å². The van der Waals surface area contributed by atoms with Crippen LogP contribution in [-0.2, 0) is 9.59 Å². The fraction of sp³-hybridized carbons (Fsp3) is 0.273. The highest BCUT2D eigenvalue weighted by Crippen LogP contribution is 2.26. The zero-order valence-electron chi connectivity index (χ0n) is 17.1. The fourth-order valence-corrected chi connectivity index (χ4v) is 3.53. The van der Waals surface area contributed by atoms with Gasteiger partial charge in [-0.1, -0.05) is 49.0 Å². The number of aromatic nitrogens is 2. The number of hydrogen-bond acceptors (Lipinski definition) is 6. The van der Waals surface area contributed by atoms with Crippen LogP contribution in [0.1, 0.15) is 13.3 Å². The van der Waals surface area contributed by atoms with Crippen LogP contribution in [0.4, 0.5) is 11.5 Å². The molecule has 0 aliphatic carbocycles. The molecule has 2 amide bonds. The Morgan fingerprint density at radius 3 is 2.53 bits per heavy atom. The summed E-state index contributed by atoms with van der Waals surface area (Å²) in [5.41, 5.74) is 1.72. The van der Waals surface area contributed by atoms with E-state index in [-0.39, 0.29) is 24.1 Å². The highest BCUT2D eigenvalue weighted by molar-refractivity contribution is 7.99. The number of thioether (sulfide) groups is 1. The van der Waals surface area contributed by atoms with Crippen LogP contribution in [0.15, 0.2) is 59.8 Å². The zero-order valence-corrected chi connectivity index (χ0v) is 17.9. The van der Waals surface area contributed by atoms with Crippen molar-refractivity contribution in [3.8, 4) is 0 Å². The highest BCUT2D eigenvalue weighted by Gasteiger charge is 2.15. The number of para-hydroxylation sites is 2. The number of amides is 2. The van der Waals surface area contributed by atoms with Gasteiger partial charge in [-0.25, -0.2) is 9.97 Å². The Morgan fingerprint density at radius 1 is 1.03 bits per heavy atom. The number of carbonyl (C=O) groups excluding carboxylic acids is 2. The second-order valence-corrected chi connectivity index (χ2v) is 7.69. The van der Waals surface area contributed by atoms with Gasteiger partial charge in [0, 0.05) is 24.7 Å². The number of fused-ring (bicyclic) bond motifs is 1. The molecule has 0 saturated heterocycles. The van der Waals surface area contributed by atoms with Crippen molar-refractivity contribution in [1.82, 2.24) is 20.2 Å². The molecular weight excluding hydrogens is 398 g/mol. The Balaban J connectivity index is 1.70. The summed E-state index contributed by atoms with van der Waals surface area (Å²) in [6.07, 6.45) is 0.859. The van der Waals surface area contributed by atoms with E-state index in [9.17, 15) is 9.59 Å². The standard InChI is InChI=1S/C22H25N5O2S/c1-3-13-23-19(28)14-27(2)20(29)15-30-22-25-18-12-8-7-11-17(18)21(26-22)24-16-9-5-4-6-10-16/h4-12H,3,13-15H2,1-2H3,(H,23,28)(H,24,25,26). The van der Waals surface area contributed by atoms with E-state index in [0.29, 0.717) is 17.5 Å². The molecule has 0 bridgehead atoms. The Hall–Kier alpha value is -3.13. The summed E-state index contributed by atoms with van der Waals surface area (Å²) in [6, 6.07) is 17.5. The van der Waals surface area contributed by atoms with Crippen molar-refractivity contribution in [2.45, 2.75) is 18.5 Å². The first-order chi connectivity index (χ1) is 14.6. The van der Waals surface area contributed by atoms with Gasteiger partial charge in [-0.3, -0.25) is 9.59 Å². The fourth-order valence-electron chi connectivity index (χ4n) is 2.73. The topological polar surface area (TPSA) is 87.2 Å². The Morgan fingerprint density at radius 2 is 1.77 bits per heavy atom. The average Bonchev–Trinajstić information content (AvgIpc) is 2.76. The molecule has 0 atom stereocenters. The van der Waals surface area contributed by atoms with Crippen molar-refractivity contribution in [3.05, 3.63) is 54.6 Å². The number of nitrogens with one attached hydrogen (secondary N) is 2. The third kappa shape index (κ3) is 5.93. The van der Waals surface area contributed by atoms with Crippen LogP contribution in [0.5, 0.6) is 0 Å². The van der Waals surface area contributed by atoms with E-state index in [1.54, 1.807) is 7.05 Å². The number of anilines is 2. The number of nitrogens with zero attached hydrogens (tertiary/aromatic N) is 3. The predicted molar refractivity (Wildman–Crippen MR) is 121 cm³/mol. The molecule has 2 N–H and O–H groups in total. The van der Waals surface area contributed by atoms with Gasteiger partial charge in [-0.05, 0) is 30.7 Å². The molecule has 0 aliphatic rings. The van der Waals surface area contributed by atoms with Crippen molar-refractivity contribution in [2.24, 2.45) is 0 Å². The minimum atomic E-state index is -0.158. The molecule has 1 heterocycles. The third-order valence-electron chi connectivity index (χ3n) is 4.32. The van der Waals surface area contributed by atoms with Gasteiger partial charge in [0.2, 0.25) is 11.8 Å². The first-order valence-corrected chi connectivity index (χ1v) is 10.8. The van der Waals surface area contributed by atoms with Crippen molar-refractivity contribution in [2.75, 3.05) is 31.2 Å². The first kappa shape index (κ1) is 21.6. The van der Waals surface area contributed by atoms with Crippen LogP contribution < -0.4 is 10.6 Å². The maximum Gasteiger partial charge on any atom is 0.239 e. The molecule has 0 aliphatic heterocycles. The SMILES string of the molecule is CCCNC(=O)CN(C)C(=O)CSc1nc(Nc2ccccc2)c2ccccc2n1. The summed E-state index contributed by atoms with van der Waals surface area (Å²) in [7, 11) is 1.62. The van der Waals surface area contributed by atoms with E-state index in [1.165, 1.54) is 16.7 Å². The predicted octanol–water partition coefficient (Wildman–Crippen LogP) is 3.45. The maximum absolute atomic E-state index is 12.4. The van der Waals surface area contributed by atoms with Crippen LogP contribution >= 0.6 is 11.8 Å². The molecule has 8 heteroatoms. The van der Waals surface area contributed by atoms with Crippen molar-refractivity contribution >= 4 is 46.0 Å². The van der Waals surface area contributed by atoms with Crippen LogP contribution in [0.3, 0.4) is 0 Å². The van der Waals surface area contributed by atoms with Gasteiger partial charge in [0.05, 0.1) is 17.8 Å². The maximum atomic E-state index is 12.4. The van der Waals surface area contributed by atoms with E-state index >= 15 is 0 Å². The van der Waals surface area contributed by atoms with E-state index < -0.39 is 0 Å². The van der Waals surface area contributed by atoms with Crippen molar-refractivity contribution < 1.29 is 9.59 Å². The summed E-state index contributed by atoms with van der Waals surface area (Å²) < 4.78 is 0. The monoisotopic (exact) mass is 423 g/mol. The summed E-state index contributed by atoms with van der Waals surface area (Å²) in [5.74, 6) is 0.532. The molecule has 0 saturated carbocycles. The lowest BCUT2D eigenvalue weighted by Crippen LogP contribution is -2.39. The molecule has 1 aromatic heterocycles. The molecule has 0 radical (unpaired) electrons. The number of carbonyl (C=O) groups is 2. The number of hydrogen-bond donors (Lipinski definition) is 2. The summed E-state index contributed by atoms with van der Waals surface area (Å²) in [6.45, 7) is 2.63. The van der Waals surface area contributed by atoms with Crippen LogP contribution in [0, 0.1) is 0 Å². The van der Waals surface area contributed by atoms with E-state index in [4.69, 9.17) is 0 Å².